The van der Waals surface area contributed by atoms with Crippen molar-refractivity contribution >= 4 is 10.0 Å². The van der Waals surface area contributed by atoms with Crippen molar-refractivity contribution in [1.82, 2.24) is 10.0 Å². The van der Waals surface area contributed by atoms with Gasteiger partial charge < -0.3 is 5.32 Å². The molecule has 0 bridgehead atoms. The summed E-state index contributed by atoms with van der Waals surface area (Å²) < 4.78 is 27.3. The molecule has 1 rings (SSSR count). The standard InChI is InChI=1S/C16H28N2O2S/c1-5-14-8-9-16(11-15(14)12-17-4)21(19,20)18-10-6-7-13(2)3/h8-9,11,13,17-18H,5-7,10,12H2,1-4H3. The Labute approximate surface area is 129 Å². The molecule has 1 aromatic rings. The van der Waals surface area contributed by atoms with Gasteiger partial charge >= 0.3 is 0 Å². The second-order valence-electron chi connectivity index (χ2n) is 5.75. The van der Waals surface area contributed by atoms with Crippen molar-refractivity contribution in [3.63, 3.8) is 0 Å². The van der Waals surface area contributed by atoms with Crippen molar-refractivity contribution in [1.29, 1.82) is 0 Å². The summed E-state index contributed by atoms with van der Waals surface area (Å²) in [5.74, 6) is 0.598. The molecule has 0 aromatic heterocycles. The van der Waals surface area contributed by atoms with E-state index in [4.69, 9.17) is 0 Å². The highest BCUT2D eigenvalue weighted by Crippen LogP contribution is 2.17. The fourth-order valence-corrected chi connectivity index (χ4v) is 3.39. The van der Waals surface area contributed by atoms with E-state index in [1.807, 2.05) is 13.1 Å². The molecule has 0 spiro atoms. The molecule has 1 aromatic carbocycles. The molecule has 0 atom stereocenters. The highest BCUT2D eigenvalue weighted by Gasteiger charge is 2.15. The van der Waals surface area contributed by atoms with Crippen LogP contribution in [0.15, 0.2) is 23.1 Å². The van der Waals surface area contributed by atoms with E-state index in [0.717, 1.165) is 24.8 Å². The van der Waals surface area contributed by atoms with Gasteiger partial charge in [-0.25, -0.2) is 13.1 Å². The summed E-state index contributed by atoms with van der Waals surface area (Å²) in [6.45, 7) is 7.54. The number of benzene rings is 1. The average molecular weight is 312 g/mol. The van der Waals surface area contributed by atoms with Gasteiger partial charge in [-0.2, -0.15) is 0 Å². The van der Waals surface area contributed by atoms with Crippen LogP contribution in [-0.2, 0) is 23.0 Å². The van der Waals surface area contributed by atoms with E-state index in [-0.39, 0.29) is 0 Å². The fourth-order valence-electron chi connectivity index (χ4n) is 2.27. The lowest BCUT2D eigenvalue weighted by Crippen LogP contribution is -2.25. The van der Waals surface area contributed by atoms with Gasteiger partial charge in [0.2, 0.25) is 10.0 Å². The van der Waals surface area contributed by atoms with Crippen LogP contribution < -0.4 is 10.0 Å². The first-order chi connectivity index (χ1) is 9.90. The first kappa shape index (κ1) is 18.1. The molecule has 5 heteroatoms. The van der Waals surface area contributed by atoms with Gasteiger partial charge in [0.05, 0.1) is 4.90 Å². The van der Waals surface area contributed by atoms with Crippen molar-refractivity contribution in [2.45, 2.75) is 51.5 Å². The van der Waals surface area contributed by atoms with E-state index in [0.29, 0.717) is 23.9 Å². The van der Waals surface area contributed by atoms with Gasteiger partial charge in [-0.15, -0.1) is 0 Å². The van der Waals surface area contributed by atoms with Crippen molar-refractivity contribution in [3.8, 4) is 0 Å². The minimum Gasteiger partial charge on any atom is -0.316 e. The van der Waals surface area contributed by atoms with E-state index in [2.05, 4.69) is 30.8 Å². The lowest BCUT2D eigenvalue weighted by atomic mass is 10.1. The van der Waals surface area contributed by atoms with Crippen molar-refractivity contribution < 1.29 is 8.42 Å². The van der Waals surface area contributed by atoms with Gasteiger partial charge in [-0.05, 0) is 55.5 Å². The minimum absolute atomic E-state index is 0.356. The Morgan fingerprint density at radius 1 is 1.19 bits per heavy atom. The SMILES string of the molecule is CCc1ccc(S(=O)(=O)NCCCC(C)C)cc1CNC. The maximum atomic E-state index is 12.3. The second kappa shape index (κ2) is 8.51. The summed E-state index contributed by atoms with van der Waals surface area (Å²) in [7, 11) is -1.54. The smallest absolute Gasteiger partial charge is 0.240 e. The number of aryl methyl sites for hydroxylation is 1. The molecule has 4 nitrogen and oxygen atoms in total. The Hall–Kier alpha value is -0.910. The Bertz CT molecular complexity index is 539. The van der Waals surface area contributed by atoms with Crippen LogP contribution in [0.5, 0.6) is 0 Å². The van der Waals surface area contributed by atoms with E-state index >= 15 is 0 Å². The summed E-state index contributed by atoms with van der Waals surface area (Å²) in [6, 6.07) is 5.39. The molecule has 120 valence electrons. The van der Waals surface area contributed by atoms with E-state index in [1.165, 1.54) is 5.56 Å². The minimum atomic E-state index is -3.40. The lowest BCUT2D eigenvalue weighted by Gasteiger charge is -2.12. The van der Waals surface area contributed by atoms with Crippen LogP contribution in [0.3, 0.4) is 0 Å². The fraction of sp³-hybridized carbons (Fsp3) is 0.625. The zero-order valence-electron chi connectivity index (χ0n) is 13.6. The molecule has 0 saturated heterocycles. The van der Waals surface area contributed by atoms with Crippen LogP contribution in [0.25, 0.3) is 0 Å². The number of hydrogen-bond donors (Lipinski definition) is 2. The van der Waals surface area contributed by atoms with Crippen LogP contribution in [-0.4, -0.2) is 22.0 Å². The molecule has 0 saturated carbocycles. The predicted molar refractivity (Wildman–Crippen MR) is 87.8 cm³/mol. The predicted octanol–water partition coefficient (Wildman–Crippen LogP) is 2.68. The number of rotatable bonds is 9. The van der Waals surface area contributed by atoms with E-state index in [1.54, 1.807) is 12.1 Å². The summed E-state index contributed by atoms with van der Waals surface area (Å²) in [6.07, 6.45) is 2.80. The molecule has 0 aliphatic carbocycles. The average Bonchev–Trinajstić information content (AvgIpc) is 2.44. The third-order valence-corrected chi connectivity index (χ3v) is 4.95. The zero-order valence-corrected chi connectivity index (χ0v) is 14.4. The van der Waals surface area contributed by atoms with Gasteiger partial charge in [0, 0.05) is 13.1 Å². The summed E-state index contributed by atoms with van der Waals surface area (Å²) in [4.78, 5) is 0.356. The Kier molecular flexibility index (Phi) is 7.35. The van der Waals surface area contributed by atoms with Crippen molar-refractivity contribution in [2.75, 3.05) is 13.6 Å². The monoisotopic (exact) mass is 312 g/mol. The maximum Gasteiger partial charge on any atom is 0.240 e. The first-order valence-corrected chi connectivity index (χ1v) is 9.15. The van der Waals surface area contributed by atoms with Crippen LogP contribution in [0.1, 0.15) is 44.7 Å². The van der Waals surface area contributed by atoms with Crippen molar-refractivity contribution in [3.05, 3.63) is 29.3 Å². The van der Waals surface area contributed by atoms with E-state index < -0.39 is 10.0 Å². The summed E-state index contributed by atoms with van der Waals surface area (Å²) >= 11 is 0. The molecule has 21 heavy (non-hydrogen) atoms. The van der Waals surface area contributed by atoms with E-state index in [9.17, 15) is 8.42 Å². The number of sulfonamides is 1. The number of nitrogens with one attached hydrogen (secondary N) is 2. The first-order valence-electron chi connectivity index (χ1n) is 7.66. The third-order valence-electron chi connectivity index (χ3n) is 3.49. The highest BCUT2D eigenvalue weighted by atomic mass is 32.2. The molecule has 0 aliphatic rings. The quantitative estimate of drug-likeness (QED) is 0.689. The van der Waals surface area contributed by atoms with Gasteiger partial charge in [-0.1, -0.05) is 26.8 Å². The molecule has 0 fully saturated rings. The van der Waals surface area contributed by atoms with Crippen LogP contribution in [0, 0.1) is 5.92 Å². The Morgan fingerprint density at radius 3 is 2.48 bits per heavy atom. The number of hydrogen-bond acceptors (Lipinski definition) is 3. The summed E-state index contributed by atoms with van der Waals surface area (Å²) in [5.41, 5.74) is 2.23. The van der Waals surface area contributed by atoms with Crippen LogP contribution in [0.4, 0.5) is 0 Å². The largest absolute Gasteiger partial charge is 0.316 e. The zero-order chi connectivity index (χ0) is 15.9. The molecule has 2 N–H and O–H groups in total. The highest BCUT2D eigenvalue weighted by molar-refractivity contribution is 7.89. The molecular weight excluding hydrogens is 284 g/mol. The summed E-state index contributed by atoms with van der Waals surface area (Å²) in [5, 5.41) is 3.09. The molecule has 0 radical (unpaired) electrons. The molecule has 0 aliphatic heterocycles. The lowest BCUT2D eigenvalue weighted by molar-refractivity contribution is 0.540. The van der Waals surface area contributed by atoms with Gasteiger partial charge in [-0.3, -0.25) is 0 Å². The van der Waals surface area contributed by atoms with Crippen LogP contribution in [0.2, 0.25) is 0 Å². The Balaban J connectivity index is 2.80. The molecule has 0 amide bonds. The van der Waals surface area contributed by atoms with Gasteiger partial charge in [0.1, 0.15) is 0 Å². The van der Waals surface area contributed by atoms with Gasteiger partial charge in [0.25, 0.3) is 0 Å². The Morgan fingerprint density at radius 2 is 1.90 bits per heavy atom. The normalized spacial score (nSPS) is 12.0. The van der Waals surface area contributed by atoms with Gasteiger partial charge in [0.15, 0.2) is 0 Å². The topological polar surface area (TPSA) is 58.2 Å². The maximum absolute atomic E-state index is 12.3. The molecule has 0 heterocycles. The molecule has 0 unspecified atom stereocenters. The van der Waals surface area contributed by atoms with Crippen molar-refractivity contribution in [2.24, 2.45) is 5.92 Å². The molecular formula is C16H28N2O2S. The third kappa shape index (κ3) is 5.77. The van der Waals surface area contributed by atoms with Crippen LogP contribution >= 0.6 is 0 Å². The second-order valence-corrected chi connectivity index (χ2v) is 7.52.